The molecule has 16 rings (SSSR count). The van der Waals surface area contributed by atoms with Crippen LogP contribution in [0, 0.1) is 93.1 Å². The molecule has 0 heterocycles. The van der Waals surface area contributed by atoms with Crippen LogP contribution in [0.4, 0.5) is 70.2 Å². The summed E-state index contributed by atoms with van der Waals surface area (Å²) in [7, 11) is 0. The lowest BCUT2D eigenvalue weighted by Crippen LogP contribution is -1.92. The minimum absolute atomic E-state index is 0.116. The third-order valence-electron chi connectivity index (χ3n) is 21.9. The van der Waals surface area contributed by atoms with Crippen LogP contribution in [0.2, 0.25) is 0 Å². The summed E-state index contributed by atoms with van der Waals surface area (Å²) in [6, 6.07) is 81.2. The Labute approximate surface area is 722 Å². The zero-order chi connectivity index (χ0) is 89.2. The SMILES string of the molecule is CCCCCc1ccc(-c2ccc(-c3ccc(-c4ccc(F)c(F)c4)c(F)c3)c(F)c2)cc1.CCCCc1ccc(-c2ccc(-c3ccc(-c4ccc(F)c(F)c4)c(F)c3)c(F)c2)cc1.CCCc1ccc(-c2ccc(-c3ccc(-c4ccc(F)c(F)c4)c(F)c3)c(F)c2)cc1.CCc1ccc(-c2ccc(-c3ccc(-c4ccc(F)c(F)c4)c(F)c3)c(F)c2)cc1. The van der Waals surface area contributed by atoms with E-state index in [1.54, 1.807) is 66.7 Å². The second-order valence-electron chi connectivity index (χ2n) is 30.5. The molecule has 0 N–H and O–H groups in total. The van der Waals surface area contributed by atoms with E-state index >= 15 is 0 Å². The van der Waals surface area contributed by atoms with Gasteiger partial charge in [0.25, 0.3) is 0 Å². The molecule has 0 bridgehead atoms. The van der Waals surface area contributed by atoms with E-state index in [2.05, 4.69) is 52.0 Å². The van der Waals surface area contributed by atoms with Crippen molar-refractivity contribution >= 4 is 0 Å². The van der Waals surface area contributed by atoms with Crippen LogP contribution < -0.4 is 0 Å². The number of unbranched alkanes of at least 4 members (excludes halogenated alkanes) is 3. The Bertz CT molecular complexity index is 6520. The molecule has 0 aliphatic rings. The normalized spacial score (nSPS) is 11.0. The van der Waals surface area contributed by atoms with Gasteiger partial charge in [-0.15, -0.1) is 0 Å². The van der Waals surface area contributed by atoms with Gasteiger partial charge in [0.05, 0.1) is 0 Å². The van der Waals surface area contributed by atoms with Gasteiger partial charge in [0.15, 0.2) is 46.5 Å². The van der Waals surface area contributed by atoms with Crippen LogP contribution in [-0.2, 0) is 25.7 Å². The average molecular weight is 1710 g/mol. The Hall–Kier alpha value is -13.6. The first-order chi connectivity index (χ1) is 60.8. The van der Waals surface area contributed by atoms with Gasteiger partial charge in [-0.2, -0.15) is 0 Å². The van der Waals surface area contributed by atoms with Crippen molar-refractivity contribution in [1.82, 2.24) is 0 Å². The monoisotopic (exact) mass is 1710 g/mol. The largest absolute Gasteiger partial charge is 0.206 e. The van der Waals surface area contributed by atoms with Crippen molar-refractivity contribution in [3.63, 3.8) is 0 Å². The number of hydrogen-bond acceptors (Lipinski definition) is 0. The van der Waals surface area contributed by atoms with Gasteiger partial charge < -0.3 is 0 Å². The van der Waals surface area contributed by atoms with Crippen LogP contribution in [0.25, 0.3) is 134 Å². The average Bonchev–Trinajstić information content (AvgIpc) is 0.806. The second kappa shape index (κ2) is 41.7. The highest BCUT2D eigenvalue weighted by atomic mass is 19.2. The molecule has 636 valence electrons. The Morgan fingerprint density at radius 2 is 0.310 bits per heavy atom. The summed E-state index contributed by atoms with van der Waals surface area (Å²) in [4.78, 5) is 0. The van der Waals surface area contributed by atoms with E-state index in [0.29, 0.717) is 22.3 Å². The second-order valence-corrected chi connectivity index (χ2v) is 30.5. The fourth-order valence-electron chi connectivity index (χ4n) is 14.8. The molecule has 0 saturated heterocycles. The smallest absolute Gasteiger partial charge is 0.159 e. The lowest BCUT2D eigenvalue weighted by atomic mass is 9.96. The number of rotatable bonds is 22. The minimum Gasteiger partial charge on any atom is -0.206 e. The maximum Gasteiger partial charge on any atom is 0.159 e. The standard InChI is InChI=1S/C29H24F4.C28H22F4.C27H20F4.C26H18F4/c1-2-3-4-5-19-6-8-20(9-7-19)21-10-13-24(27(31)16-21)22-11-14-25(28(32)17-22)23-12-15-26(30)29(33)18-23;1-2-3-4-18-5-7-19(8-6-18)20-9-12-23(26(30)15-20)21-10-13-24(27(31)16-21)22-11-14-25(29)28(32)17-22;1-2-3-17-4-6-18(7-5-17)19-8-11-22(25(29)14-19)20-9-12-23(26(30)15-20)21-10-13-24(28)27(31)16-21;1-2-16-3-5-17(6-4-16)18-7-10-21(24(28)13-18)19-8-11-22(25(29)14-19)20-9-12-23(27)26(30)15-20/h6-18H,2-5H2,1H3;5-17H,2-4H2,1H3;4-16H,2-3H2,1H3;3-15H,2H2,1H3. The molecule has 16 aromatic carbocycles. The van der Waals surface area contributed by atoms with Crippen LogP contribution in [0.15, 0.2) is 315 Å². The van der Waals surface area contributed by atoms with Crippen molar-refractivity contribution in [2.24, 2.45) is 0 Å². The first kappa shape index (κ1) is 90.1. The maximum atomic E-state index is 14.9. The fourth-order valence-corrected chi connectivity index (χ4v) is 14.8. The van der Waals surface area contributed by atoms with E-state index in [-0.39, 0.29) is 66.8 Å². The molecule has 0 aromatic heterocycles. The lowest BCUT2D eigenvalue weighted by molar-refractivity contribution is 0.509. The van der Waals surface area contributed by atoms with Gasteiger partial charge in [0.1, 0.15) is 46.5 Å². The predicted molar refractivity (Wildman–Crippen MR) is 476 cm³/mol. The van der Waals surface area contributed by atoms with Gasteiger partial charge in [-0.3, -0.25) is 0 Å². The number of hydrogen-bond donors (Lipinski definition) is 0. The van der Waals surface area contributed by atoms with E-state index in [4.69, 9.17) is 0 Å². The molecule has 0 saturated carbocycles. The first-order valence-electron chi connectivity index (χ1n) is 41.4. The highest BCUT2D eigenvalue weighted by Crippen LogP contribution is 2.39. The lowest BCUT2D eigenvalue weighted by Gasteiger charge is -2.10. The zero-order valence-electron chi connectivity index (χ0n) is 69.1. The topological polar surface area (TPSA) is 0 Å². The Morgan fingerprint density at radius 1 is 0.135 bits per heavy atom. The van der Waals surface area contributed by atoms with E-state index in [1.165, 1.54) is 132 Å². The van der Waals surface area contributed by atoms with Gasteiger partial charge in [-0.05, 0) is 247 Å². The molecular weight excluding hydrogens is 1630 g/mol. The Balaban J connectivity index is 0.000000144. The summed E-state index contributed by atoms with van der Waals surface area (Å²) in [5.74, 6) is -12.6. The van der Waals surface area contributed by atoms with E-state index in [9.17, 15) is 70.2 Å². The van der Waals surface area contributed by atoms with E-state index in [0.717, 1.165) is 144 Å². The molecule has 0 aliphatic heterocycles. The molecule has 0 amide bonds. The molecule has 0 nitrogen and oxygen atoms in total. The number of aryl methyl sites for hydroxylation is 4. The van der Waals surface area contributed by atoms with Crippen LogP contribution in [0.3, 0.4) is 0 Å². The molecule has 0 radical (unpaired) electrons. The van der Waals surface area contributed by atoms with Gasteiger partial charge in [-0.1, -0.05) is 272 Å². The van der Waals surface area contributed by atoms with Crippen molar-refractivity contribution < 1.29 is 70.2 Å². The van der Waals surface area contributed by atoms with Crippen LogP contribution in [0.1, 0.15) is 88.5 Å². The maximum absolute atomic E-state index is 14.9. The predicted octanol–water partition coefficient (Wildman–Crippen LogP) is 33.6. The molecule has 0 atom stereocenters. The molecule has 16 heteroatoms. The molecular formula is C110H84F16. The Kier molecular flexibility index (Phi) is 29.8. The quantitative estimate of drug-likeness (QED) is 0.0469. The minimum atomic E-state index is -1.05. The van der Waals surface area contributed by atoms with Crippen LogP contribution in [-0.4, -0.2) is 0 Å². The third kappa shape index (κ3) is 22.1. The summed E-state index contributed by atoms with van der Waals surface area (Å²) in [5, 5.41) is 0. The highest BCUT2D eigenvalue weighted by Gasteiger charge is 2.20. The van der Waals surface area contributed by atoms with Gasteiger partial charge in [0.2, 0.25) is 0 Å². The number of halogens is 16. The van der Waals surface area contributed by atoms with E-state index in [1.807, 2.05) is 78.9 Å². The van der Waals surface area contributed by atoms with Gasteiger partial charge >= 0.3 is 0 Å². The summed E-state index contributed by atoms with van der Waals surface area (Å²) in [5.41, 5.74) is 15.4. The van der Waals surface area contributed by atoms with Crippen molar-refractivity contribution in [3.05, 3.63) is 431 Å². The van der Waals surface area contributed by atoms with E-state index < -0.39 is 93.1 Å². The Morgan fingerprint density at radius 3 is 0.508 bits per heavy atom. The van der Waals surface area contributed by atoms with Crippen molar-refractivity contribution in [1.29, 1.82) is 0 Å². The summed E-state index contributed by atoms with van der Waals surface area (Å²) in [6.07, 6.45) is 10.9. The number of benzene rings is 16. The zero-order valence-corrected chi connectivity index (χ0v) is 69.1. The summed E-state index contributed by atoms with van der Waals surface area (Å²) < 4.78 is 225. The third-order valence-corrected chi connectivity index (χ3v) is 21.9. The molecule has 126 heavy (non-hydrogen) atoms. The fraction of sp³-hybridized carbons (Fsp3) is 0.127. The van der Waals surface area contributed by atoms with Crippen LogP contribution in [0.5, 0.6) is 0 Å². The molecule has 16 aromatic rings. The summed E-state index contributed by atoms with van der Waals surface area (Å²) in [6.45, 7) is 8.52. The van der Waals surface area contributed by atoms with Crippen LogP contribution >= 0.6 is 0 Å². The van der Waals surface area contributed by atoms with Crippen molar-refractivity contribution in [3.8, 4) is 134 Å². The molecule has 0 aliphatic carbocycles. The van der Waals surface area contributed by atoms with Gasteiger partial charge in [0, 0.05) is 44.5 Å². The molecule has 0 spiro atoms. The van der Waals surface area contributed by atoms with Crippen molar-refractivity contribution in [2.45, 2.75) is 91.9 Å². The van der Waals surface area contributed by atoms with Crippen molar-refractivity contribution in [2.75, 3.05) is 0 Å². The summed E-state index contributed by atoms with van der Waals surface area (Å²) >= 11 is 0. The van der Waals surface area contributed by atoms with Gasteiger partial charge in [-0.25, -0.2) is 70.2 Å². The molecule has 0 unspecified atom stereocenters. The first-order valence-corrected chi connectivity index (χ1v) is 41.4. The highest BCUT2D eigenvalue weighted by molar-refractivity contribution is 5.80. The molecule has 0 fully saturated rings.